The van der Waals surface area contributed by atoms with Crippen LogP contribution in [0.5, 0.6) is 5.75 Å². The Bertz CT molecular complexity index is 579. The molecule has 100 valence electrons. The highest BCUT2D eigenvalue weighted by Gasteiger charge is 2.08. The topological polar surface area (TPSA) is 29.5 Å². The minimum absolute atomic E-state index is 0.0244. The van der Waals surface area contributed by atoms with E-state index < -0.39 is 0 Å². The van der Waals surface area contributed by atoms with Crippen molar-refractivity contribution in [3.05, 3.63) is 63.1 Å². The van der Waals surface area contributed by atoms with Gasteiger partial charge >= 0.3 is 0 Å². The van der Waals surface area contributed by atoms with Crippen molar-refractivity contribution < 1.29 is 9.84 Å². The van der Waals surface area contributed by atoms with Crippen molar-refractivity contribution in [2.45, 2.75) is 27.1 Å². The number of aliphatic hydroxyl groups is 1. The molecule has 0 aliphatic carbocycles. The minimum atomic E-state index is -0.0244. The molecule has 0 spiro atoms. The first-order chi connectivity index (χ1) is 9.10. The summed E-state index contributed by atoms with van der Waals surface area (Å²) in [5.41, 5.74) is 4.17. The largest absolute Gasteiger partial charge is 0.488 e. The maximum Gasteiger partial charge on any atom is 0.128 e. The molecule has 0 unspecified atom stereocenters. The molecule has 2 nitrogen and oxygen atoms in total. The highest BCUT2D eigenvalue weighted by Crippen LogP contribution is 2.28. The molecule has 0 bridgehead atoms. The van der Waals surface area contributed by atoms with Gasteiger partial charge in [-0.15, -0.1) is 0 Å². The van der Waals surface area contributed by atoms with Crippen LogP contribution in [0.3, 0.4) is 0 Å². The number of rotatable bonds is 4. The molecular weight excluding hydrogens is 304 g/mol. The molecule has 0 saturated heterocycles. The highest BCUT2D eigenvalue weighted by molar-refractivity contribution is 9.10. The first kappa shape index (κ1) is 14.1. The predicted molar refractivity (Wildman–Crippen MR) is 80.3 cm³/mol. The molecule has 0 aliphatic rings. The Morgan fingerprint density at radius 1 is 1.16 bits per heavy atom. The second kappa shape index (κ2) is 6.22. The van der Waals surface area contributed by atoms with Gasteiger partial charge in [0.05, 0.1) is 6.61 Å². The lowest BCUT2D eigenvalue weighted by Gasteiger charge is -2.14. The van der Waals surface area contributed by atoms with E-state index in [-0.39, 0.29) is 6.61 Å². The maximum atomic E-state index is 9.41. The molecule has 0 aliphatic heterocycles. The quantitative estimate of drug-likeness (QED) is 0.917. The second-order valence-corrected chi connectivity index (χ2v) is 5.56. The van der Waals surface area contributed by atoms with Gasteiger partial charge in [-0.1, -0.05) is 45.8 Å². The van der Waals surface area contributed by atoms with Gasteiger partial charge in [-0.2, -0.15) is 0 Å². The van der Waals surface area contributed by atoms with E-state index in [0.717, 1.165) is 26.9 Å². The van der Waals surface area contributed by atoms with E-state index in [0.29, 0.717) is 6.61 Å². The Morgan fingerprint density at radius 3 is 2.63 bits per heavy atom. The summed E-state index contributed by atoms with van der Waals surface area (Å²) in [4.78, 5) is 0. The lowest BCUT2D eigenvalue weighted by atomic mass is 10.1. The lowest BCUT2D eigenvalue weighted by Crippen LogP contribution is -2.01. The normalized spacial score (nSPS) is 10.5. The summed E-state index contributed by atoms with van der Waals surface area (Å²) in [5.74, 6) is 0.771. The van der Waals surface area contributed by atoms with Gasteiger partial charge in [0.1, 0.15) is 12.4 Å². The monoisotopic (exact) mass is 320 g/mol. The predicted octanol–water partition coefficient (Wildman–Crippen LogP) is 4.14. The summed E-state index contributed by atoms with van der Waals surface area (Å²) >= 11 is 3.43. The van der Waals surface area contributed by atoms with Crippen LogP contribution in [0.25, 0.3) is 0 Å². The maximum absolute atomic E-state index is 9.41. The summed E-state index contributed by atoms with van der Waals surface area (Å²) in [6.45, 7) is 4.53. The third-order valence-corrected chi connectivity index (χ3v) is 3.41. The van der Waals surface area contributed by atoms with Crippen molar-refractivity contribution in [1.82, 2.24) is 0 Å². The van der Waals surface area contributed by atoms with Crippen LogP contribution in [0.1, 0.15) is 22.3 Å². The smallest absolute Gasteiger partial charge is 0.128 e. The first-order valence-electron chi connectivity index (χ1n) is 6.18. The average Bonchev–Trinajstić information content (AvgIpc) is 2.37. The van der Waals surface area contributed by atoms with E-state index in [9.17, 15) is 5.11 Å². The van der Waals surface area contributed by atoms with Gasteiger partial charge in [0.15, 0.2) is 0 Å². The summed E-state index contributed by atoms with van der Waals surface area (Å²) < 4.78 is 6.83. The number of aliphatic hydroxyl groups excluding tert-OH is 1. The van der Waals surface area contributed by atoms with Gasteiger partial charge in [0.2, 0.25) is 0 Å². The molecule has 0 radical (unpaired) electrons. The number of aryl methyl sites for hydroxylation is 2. The standard InChI is InChI=1S/C16H17BrO2/c1-11-4-3-5-13(6-11)10-19-16-12(2)7-15(17)8-14(16)9-18/h3-8,18H,9-10H2,1-2H3. The molecule has 1 N–H and O–H groups in total. The Morgan fingerprint density at radius 2 is 1.95 bits per heavy atom. The van der Waals surface area contributed by atoms with Crippen molar-refractivity contribution in [2.75, 3.05) is 0 Å². The number of hydrogen-bond donors (Lipinski definition) is 1. The van der Waals surface area contributed by atoms with Gasteiger partial charge in [-0.05, 0) is 37.1 Å². The van der Waals surface area contributed by atoms with Crippen LogP contribution < -0.4 is 4.74 Å². The van der Waals surface area contributed by atoms with Crippen LogP contribution >= 0.6 is 15.9 Å². The number of hydrogen-bond acceptors (Lipinski definition) is 2. The third kappa shape index (κ3) is 3.58. The molecule has 0 aromatic heterocycles. The van der Waals surface area contributed by atoms with Gasteiger partial charge < -0.3 is 9.84 Å². The number of benzene rings is 2. The highest BCUT2D eigenvalue weighted by atomic mass is 79.9. The van der Waals surface area contributed by atoms with Gasteiger partial charge in [0, 0.05) is 10.0 Å². The van der Waals surface area contributed by atoms with Crippen LogP contribution in [0.15, 0.2) is 40.9 Å². The number of ether oxygens (including phenoxy) is 1. The van der Waals surface area contributed by atoms with Crippen molar-refractivity contribution in [3.63, 3.8) is 0 Å². The molecule has 0 saturated carbocycles. The SMILES string of the molecule is Cc1cccc(COc2c(C)cc(Br)cc2CO)c1. The van der Waals surface area contributed by atoms with Crippen molar-refractivity contribution >= 4 is 15.9 Å². The molecule has 2 aromatic rings. The van der Waals surface area contributed by atoms with E-state index in [4.69, 9.17) is 4.74 Å². The first-order valence-corrected chi connectivity index (χ1v) is 6.97. The van der Waals surface area contributed by atoms with E-state index in [1.165, 1.54) is 5.56 Å². The zero-order chi connectivity index (χ0) is 13.8. The van der Waals surface area contributed by atoms with E-state index >= 15 is 0 Å². The number of halogens is 1. The summed E-state index contributed by atoms with van der Waals surface area (Å²) in [7, 11) is 0. The Hall–Kier alpha value is -1.32. The lowest BCUT2D eigenvalue weighted by molar-refractivity contribution is 0.258. The fraction of sp³-hybridized carbons (Fsp3) is 0.250. The van der Waals surface area contributed by atoms with Crippen LogP contribution in [-0.4, -0.2) is 5.11 Å². The average molecular weight is 321 g/mol. The summed E-state index contributed by atoms with van der Waals surface area (Å²) in [6, 6.07) is 12.1. The molecule has 0 amide bonds. The van der Waals surface area contributed by atoms with Crippen LogP contribution in [-0.2, 0) is 13.2 Å². The molecule has 3 heteroatoms. The van der Waals surface area contributed by atoms with E-state index in [1.54, 1.807) is 0 Å². The molecule has 0 fully saturated rings. The third-order valence-electron chi connectivity index (χ3n) is 2.95. The minimum Gasteiger partial charge on any atom is -0.488 e. The van der Waals surface area contributed by atoms with Crippen molar-refractivity contribution in [3.8, 4) is 5.75 Å². The zero-order valence-corrected chi connectivity index (χ0v) is 12.7. The molecule has 19 heavy (non-hydrogen) atoms. The van der Waals surface area contributed by atoms with Crippen LogP contribution in [0, 0.1) is 13.8 Å². The zero-order valence-electron chi connectivity index (χ0n) is 11.1. The fourth-order valence-corrected chi connectivity index (χ4v) is 2.70. The Balaban J connectivity index is 2.19. The molecule has 0 heterocycles. The molecular formula is C16H17BrO2. The molecule has 0 atom stereocenters. The van der Waals surface area contributed by atoms with E-state index in [2.05, 4.69) is 35.0 Å². The molecule has 2 aromatic carbocycles. The second-order valence-electron chi connectivity index (χ2n) is 4.65. The Kier molecular flexibility index (Phi) is 4.61. The van der Waals surface area contributed by atoms with Gasteiger partial charge in [0.25, 0.3) is 0 Å². The van der Waals surface area contributed by atoms with Gasteiger partial charge in [-0.3, -0.25) is 0 Å². The van der Waals surface area contributed by atoms with E-state index in [1.807, 2.05) is 31.2 Å². The fourth-order valence-electron chi connectivity index (χ4n) is 2.08. The summed E-state index contributed by atoms with van der Waals surface area (Å²) in [5, 5.41) is 9.41. The van der Waals surface area contributed by atoms with Crippen LogP contribution in [0.4, 0.5) is 0 Å². The van der Waals surface area contributed by atoms with Crippen molar-refractivity contribution in [2.24, 2.45) is 0 Å². The summed E-state index contributed by atoms with van der Waals surface area (Å²) in [6.07, 6.45) is 0. The van der Waals surface area contributed by atoms with Gasteiger partial charge in [-0.25, -0.2) is 0 Å². The van der Waals surface area contributed by atoms with Crippen molar-refractivity contribution in [1.29, 1.82) is 0 Å². The molecule has 2 rings (SSSR count). The Labute approximate surface area is 122 Å². The van der Waals surface area contributed by atoms with Crippen LogP contribution in [0.2, 0.25) is 0 Å².